The number of hydrogen-bond donors (Lipinski definition) is 1. The van der Waals surface area contributed by atoms with Crippen molar-refractivity contribution >= 4 is 0 Å². The van der Waals surface area contributed by atoms with Gasteiger partial charge in [-0.05, 0) is 39.7 Å². The molecule has 0 aromatic heterocycles. The van der Waals surface area contributed by atoms with Crippen LogP contribution in [0.2, 0.25) is 0 Å². The highest BCUT2D eigenvalue weighted by atomic mass is 15.2. The summed E-state index contributed by atoms with van der Waals surface area (Å²) >= 11 is 0. The molecule has 0 spiro atoms. The van der Waals surface area contributed by atoms with Crippen molar-refractivity contribution in [2.45, 2.75) is 65.0 Å². The van der Waals surface area contributed by atoms with Crippen molar-refractivity contribution in [2.75, 3.05) is 20.1 Å². The fourth-order valence-corrected chi connectivity index (χ4v) is 2.67. The lowest BCUT2D eigenvalue weighted by molar-refractivity contribution is 0.136. The average Bonchev–Trinajstić information content (AvgIpc) is 2.68. The fraction of sp³-hybridized carbons (Fsp3) is 1.00. The third-order valence-corrected chi connectivity index (χ3v) is 3.72. The molecule has 1 rings (SSSR count). The topological polar surface area (TPSA) is 15.3 Å². The molecule has 0 aromatic carbocycles. The molecule has 0 radical (unpaired) electrons. The maximum absolute atomic E-state index is 3.43. The van der Waals surface area contributed by atoms with E-state index in [1.807, 2.05) is 0 Å². The summed E-state index contributed by atoms with van der Waals surface area (Å²) in [5, 5.41) is 3.43. The van der Waals surface area contributed by atoms with Crippen LogP contribution in [-0.2, 0) is 0 Å². The van der Waals surface area contributed by atoms with E-state index in [1.54, 1.807) is 0 Å². The van der Waals surface area contributed by atoms with Gasteiger partial charge in [0.2, 0.25) is 0 Å². The summed E-state index contributed by atoms with van der Waals surface area (Å²) in [5.74, 6) is 0.772. The molecule has 1 aliphatic carbocycles. The lowest BCUT2D eigenvalue weighted by Gasteiger charge is -2.37. The van der Waals surface area contributed by atoms with Crippen LogP contribution in [0, 0.1) is 5.92 Å². The van der Waals surface area contributed by atoms with Gasteiger partial charge in [0.15, 0.2) is 0 Å². The molecule has 16 heavy (non-hydrogen) atoms. The van der Waals surface area contributed by atoms with Crippen LogP contribution < -0.4 is 5.32 Å². The minimum atomic E-state index is 0.234. The van der Waals surface area contributed by atoms with Gasteiger partial charge in [0.1, 0.15) is 0 Å². The molecule has 1 fully saturated rings. The summed E-state index contributed by atoms with van der Waals surface area (Å²) in [6, 6.07) is 0.843. The van der Waals surface area contributed by atoms with E-state index in [0.29, 0.717) is 0 Å². The van der Waals surface area contributed by atoms with E-state index in [4.69, 9.17) is 0 Å². The van der Waals surface area contributed by atoms with Crippen molar-refractivity contribution in [1.29, 1.82) is 0 Å². The first-order valence-corrected chi connectivity index (χ1v) is 6.87. The van der Waals surface area contributed by atoms with E-state index in [9.17, 15) is 0 Å². The Kier molecular flexibility index (Phi) is 5.26. The summed E-state index contributed by atoms with van der Waals surface area (Å²) in [6.07, 6.45) is 5.68. The first-order valence-electron chi connectivity index (χ1n) is 6.87. The highest BCUT2D eigenvalue weighted by Crippen LogP contribution is 2.25. The van der Waals surface area contributed by atoms with Gasteiger partial charge in [0, 0.05) is 24.7 Å². The second-order valence-corrected chi connectivity index (χ2v) is 6.40. The monoisotopic (exact) mass is 226 g/mol. The van der Waals surface area contributed by atoms with Crippen LogP contribution in [0.1, 0.15) is 53.4 Å². The number of rotatable bonds is 6. The van der Waals surface area contributed by atoms with Gasteiger partial charge in [-0.15, -0.1) is 0 Å². The summed E-state index contributed by atoms with van der Waals surface area (Å²) in [4.78, 5) is 2.72. The molecule has 2 heteroatoms. The van der Waals surface area contributed by atoms with Gasteiger partial charge in [0.05, 0.1) is 0 Å². The smallest absolute Gasteiger partial charge is 0.0249 e. The molecule has 0 heterocycles. The summed E-state index contributed by atoms with van der Waals surface area (Å²) in [5.41, 5.74) is 0.234. The zero-order valence-electron chi connectivity index (χ0n) is 11.8. The van der Waals surface area contributed by atoms with Crippen molar-refractivity contribution in [2.24, 2.45) is 5.92 Å². The molecule has 96 valence electrons. The molecule has 0 unspecified atom stereocenters. The Morgan fingerprint density at radius 1 is 1.25 bits per heavy atom. The van der Waals surface area contributed by atoms with Gasteiger partial charge < -0.3 is 5.32 Å². The van der Waals surface area contributed by atoms with Crippen LogP contribution in [0.15, 0.2) is 0 Å². The van der Waals surface area contributed by atoms with Crippen molar-refractivity contribution in [1.82, 2.24) is 10.2 Å². The number of nitrogens with zero attached hydrogens (tertiary/aromatic N) is 1. The molecule has 0 aliphatic heterocycles. The van der Waals surface area contributed by atoms with Crippen LogP contribution >= 0.6 is 0 Å². The van der Waals surface area contributed by atoms with Gasteiger partial charge in [0.25, 0.3) is 0 Å². The Balaban J connectivity index is 2.55. The minimum Gasteiger partial charge on any atom is -0.314 e. The van der Waals surface area contributed by atoms with Crippen LogP contribution in [0.5, 0.6) is 0 Å². The number of nitrogens with one attached hydrogen (secondary N) is 1. The third-order valence-electron chi connectivity index (χ3n) is 3.72. The molecule has 1 N–H and O–H groups in total. The predicted molar refractivity (Wildman–Crippen MR) is 71.8 cm³/mol. The van der Waals surface area contributed by atoms with Gasteiger partial charge in [-0.3, -0.25) is 4.90 Å². The summed E-state index contributed by atoms with van der Waals surface area (Å²) in [7, 11) is 2.07. The molecular formula is C14H30N2. The van der Waals surface area contributed by atoms with Gasteiger partial charge in [-0.2, -0.15) is 0 Å². The standard InChI is InChI=1S/C14H30N2/c1-12(2)10-16(11-14(3,4)15-5)13-8-6-7-9-13/h12-13,15H,6-11H2,1-5H3. The zero-order chi connectivity index (χ0) is 12.2. The van der Waals surface area contributed by atoms with E-state index in [0.717, 1.165) is 12.0 Å². The lowest BCUT2D eigenvalue weighted by Crippen LogP contribution is -2.51. The molecule has 0 saturated heterocycles. The minimum absolute atomic E-state index is 0.234. The summed E-state index contributed by atoms with van der Waals surface area (Å²) < 4.78 is 0. The Hall–Kier alpha value is -0.0800. The fourth-order valence-electron chi connectivity index (χ4n) is 2.67. The first-order chi connectivity index (χ1) is 7.44. The van der Waals surface area contributed by atoms with Gasteiger partial charge >= 0.3 is 0 Å². The molecule has 0 aromatic rings. The second kappa shape index (κ2) is 6.02. The molecule has 1 aliphatic rings. The molecule has 2 nitrogen and oxygen atoms in total. The van der Waals surface area contributed by atoms with Crippen LogP contribution in [-0.4, -0.2) is 36.6 Å². The number of hydrogen-bond acceptors (Lipinski definition) is 2. The summed E-state index contributed by atoms with van der Waals surface area (Å²) in [6.45, 7) is 11.7. The Labute approximate surface area is 102 Å². The second-order valence-electron chi connectivity index (χ2n) is 6.40. The Bertz CT molecular complexity index is 193. The molecule has 0 amide bonds. The van der Waals surface area contributed by atoms with Crippen molar-refractivity contribution in [3.05, 3.63) is 0 Å². The van der Waals surface area contributed by atoms with E-state index >= 15 is 0 Å². The van der Waals surface area contributed by atoms with Gasteiger partial charge in [-0.25, -0.2) is 0 Å². The average molecular weight is 226 g/mol. The van der Waals surface area contributed by atoms with E-state index < -0.39 is 0 Å². The lowest BCUT2D eigenvalue weighted by atomic mass is 10.0. The van der Waals surface area contributed by atoms with Crippen LogP contribution in [0.25, 0.3) is 0 Å². The van der Waals surface area contributed by atoms with E-state index in [-0.39, 0.29) is 5.54 Å². The Morgan fingerprint density at radius 3 is 2.25 bits per heavy atom. The molecule has 1 saturated carbocycles. The SMILES string of the molecule is CNC(C)(C)CN(CC(C)C)C1CCCC1. The van der Waals surface area contributed by atoms with E-state index in [2.05, 4.69) is 45.0 Å². The Morgan fingerprint density at radius 2 is 1.81 bits per heavy atom. The normalized spacial score (nSPS) is 18.9. The van der Waals surface area contributed by atoms with E-state index in [1.165, 1.54) is 38.8 Å². The largest absolute Gasteiger partial charge is 0.314 e. The molecular weight excluding hydrogens is 196 g/mol. The number of likely N-dealkylation sites (N-methyl/N-ethyl adjacent to an activating group) is 1. The van der Waals surface area contributed by atoms with Crippen molar-refractivity contribution < 1.29 is 0 Å². The highest BCUT2D eigenvalue weighted by molar-refractivity contribution is 4.86. The molecule has 0 atom stereocenters. The maximum Gasteiger partial charge on any atom is 0.0249 e. The molecule has 0 bridgehead atoms. The predicted octanol–water partition coefficient (Wildman–Crippen LogP) is 2.89. The van der Waals surface area contributed by atoms with Gasteiger partial charge in [-0.1, -0.05) is 26.7 Å². The highest BCUT2D eigenvalue weighted by Gasteiger charge is 2.27. The van der Waals surface area contributed by atoms with Crippen LogP contribution in [0.4, 0.5) is 0 Å². The quantitative estimate of drug-likeness (QED) is 0.749. The first kappa shape index (κ1) is 14.0. The van der Waals surface area contributed by atoms with Crippen molar-refractivity contribution in [3.8, 4) is 0 Å². The maximum atomic E-state index is 3.43. The van der Waals surface area contributed by atoms with Crippen molar-refractivity contribution in [3.63, 3.8) is 0 Å². The van der Waals surface area contributed by atoms with Crippen LogP contribution in [0.3, 0.4) is 0 Å². The zero-order valence-corrected chi connectivity index (χ0v) is 11.8. The third kappa shape index (κ3) is 4.42.